The smallest absolute Gasteiger partial charge is 0.229 e. The minimum absolute atomic E-state index is 0.0256. The largest absolute Gasteiger partial charge is 0.235 e. The van der Waals surface area contributed by atoms with Crippen molar-refractivity contribution < 1.29 is 16.8 Å². The SMILES string of the molecule is C=CS(=O)(=O)N1CCS(=O)(=O)CC1C. The summed E-state index contributed by atoms with van der Waals surface area (Å²) in [5.74, 6) is -0.218. The Labute approximate surface area is 84.4 Å². The molecule has 0 bridgehead atoms. The van der Waals surface area contributed by atoms with Crippen molar-refractivity contribution >= 4 is 19.9 Å². The molecule has 0 spiro atoms. The van der Waals surface area contributed by atoms with Crippen molar-refractivity contribution in [2.45, 2.75) is 13.0 Å². The third-order valence-corrected chi connectivity index (χ3v) is 5.56. The van der Waals surface area contributed by atoms with Crippen molar-refractivity contribution in [3.8, 4) is 0 Å². The number of sulfonamides is 1. The van der Waals surface area contributed by atoms with Crippen LogP contribution >= 0.6 is 0 Å². The van der Waals surface area contributed by atoms with Gasteiger partial charge < -0.3 is 0 Å². The van der Waals surface area contributed by atoms with Gasteiger partial charge in [-0.3, -0.25) is 0 Å². The third kappa shape index (κ3) is 2.34. The number of rotatable bonds is 2. The molecule has 5 nitrogen and oxygen atoms in total. The molecule has 0 saturated carbocycles. The minimum atomic E-state index is -3.49. The van der Waals surface area contributed by atoms with Gasteiger partial charge in [-0.05, 0) is 6.92 Å². The van der Waals surface area contributed by atoms with Crippen LogP contribution in [0.25, 0.3) is 0 Å². The van der Waals surface area contributed by atoms with Crippen LogP contribution in [0.2, 0.25) is 0 Å². The van der Waals surface area contributed by atoms with E-state index in [1.807, 2.05) is 0 Å². The third-order valence-electron chi connectivity index (χ3n) is 2.15. The highest BCUT2D eigenvalue weighted by Crippen LogP contribution is 2.16. The van der Waals surface area contributed by atoms with Gasteiger partial charge in [0.1, 0.15) is 0 Å². The van der Waals surface area contributed by atoms with Gasteiger partial charge in [-0.2, -0.15) is 4.31 Å². The molecule has 0 aromatic rings. The van der Waals surface area contributed by atoms with Gasteiger partial charge in [0.15, 0.2) is 9.84 Å². The van der Waals surface area contributed by atoms with Crippen LogP contribution < -0.4 is 0 Å². The Morgan fingerprint density at radius 2 is 2.07 bits per heavy atom. The first kappa shape index (κ1) is 11.7. The van der Waals surface area contributed by atoms with Gasteiger partial charge >= 0.3 is 0 Å². The van der Waals surface area contributed by atoms with E-state index in [0.717, 1.165) is 5.41 Å². The van der Waals surface area contributed by atoms with Gasteiger partial charge in [0.25, 0.3) is 0 Å². The Kier molecular flexibility index (Phi) is 3.03. The van der Waals surface area contributed by atoms with E-state index in [1.54, 1.807) is 6.92 Å². The minimum Gasteiger partial charge on any atom is -0.229 e. The number of sulfone groups is 1. The zero-order valence-corrected chi connectivity index (χ0v) is 9.51. The molecule has 1 aliphatic rings. The second kappa shape index (κ2) is 3.63. The summed E-state index contributed by atoms with van der Waals surface area (Å²) < 4.78 is 46.3. The lowest BCUT2D eigenvalue weighted by molar-refractivity contribution is 0.361. The average Bonchev–Trinajstić information content (AvgIpc) is 2.01. The standard InChI is InChI=1S/C7H13NO4S2/c1-3-14(11,12)8-4-5-13(9,10)6-7(8)2/h3,7H,1,4-6H2,2H3. The first-order valence-electron chi connectivity index (χ1n) is 4.13. The topological polar surface area (TPSA) is 71.5 Å². The lowest BCUT2D eigenvalue weighted by Gasteiger charge is -2.30. The van der Waals surface area contributed by atoms with E-state index in [2.05, 4.69) is 6.58 Å². The lowest BCUT2D eigenvalue weighted by Crippen LogP contribution is -2.48. The molecule has 1 unspecified atom stereocenters. The molecule has 1 atom stereocenters. The highest BCUT2D eigenvalue weighted by atomic mass is 32.2. The van der Waals surface area contributed by atoms with E-state index < -0.39 is 25.9 Å². The summed E-state index contributed by atoms with van der Waals surface area (Å²) in [5.41, 5.74) is 0. The fourth-order valence-corrected chi connectivity index (χ4v) is 4.34. The van der Waals surface area contributed by atoms with E-state index in [4.69, 9.17) is 0 Å². The van der Waals surface area contributed by atoms with E-state index in [1.165, 1.54) is 4.31 Å². The molecule has 0 amide bonds. The Balaban J connectivity index is 2.94. The lowest BCUT2D eigenvalue weighted by atomic mass is 10.4. The van der Waals surface area contributed by atoms with Crippen molar-refractivity contribution in [1.82, 2.24) is 4.31 Å². The summed E-state index contributed by atoms with van der Waals surface area (Å²) in [6, 6.07) is -0.503. The van der Waals surface area contributed by atoms with Crippen LogP contribution in [0.4, 0.5) is 0 Å². The molecular weight excluding hydrogens is 226 g/mol. The van der Waals surface area contributed by atoms with E-state index in [9.17, 15) is 16.8 Å². The zero-order chi connectivity index (χ0) is 11.0. The summed E-state index contributed by atoms with van der Waals surface area (Å²) in [7, 11) is -6.56. The van der Waals surface area contributed by atoms with Gasteiger partial charge in [-0.1, -0.05) is 6.58 Å². The van der Waals surface area contributed by atoms with Crippen LogP contribution in [0.1, 0.15) is 6.92 Å². The van der Waals surface area contributed by atoms with E-state index in [0.29, 0.717) is 0 Å². The van der Waals surface area contributed by atoms with Crippen molar-refractivity contribution in [3.63, 3.8) is 0 Å². The van der Waals surface area contributed by atoms with Crippen molar-refractivity contribution in [2.75, 3.05) is 18.1 Å². The molecule has 0 radical (unpaired) electrons. The number of nitrogens with zero attached hydrogens (tertiary/aromatic N) is 1. The van der Waals surface area contributed by atoms with Crippen LogP contribution in [0.3, 0.4) is 0 Å². The highest BCUT2D eigenvalue weighted by Gasteiger charge is 2.33. The molecule has 0 N–H and O–H groups in total. The second-order valence-electron chi connectivity index (χ2n) is 3.29. The fourth-order valence-electron chi connectivity index (χ4n) is 1.46. The Morgan fingerprint density at radius 3 is 2.50 bits per heavy atom. The molecule has 0 aliphatic carbocycles. The van der Waals surface area contributed by atoms with Crippen molar-refractivity contribution in [2.24, 2.45) is 0 Å². The maximum Gasteiger partial charge on any atom is 0.235 e. The summed E-state index contributed by atoms with van der Waals surface area (Å²) in [5, 5.41) is 0.849. The van der Waals surface area contributed by atoms with E-state index >= 15 is 0 Å². The Morgan fingerprint density at radius 1 is 1.50 bits per heavy atom. The molecule has 82 valence electrons. The highest BCUT2D eigenvalue weighted by molar-refractivity contribution is 7.93. The van der Waals surface area contributed by atoms with Gasteiger partial charge in [0.05, 0.1) is 11.5 Å². The van der Waals surface area contributed by atoms with Crippen LogP contribution in [-0.4, -0.2) is 45.2 Å². The van der Waals surface area contributed by atoms with Crippen LogP contribution in [0.5, 0.6) is 0 Å². The van der Waals surface area contributed by atoms with Crippen molar-refractivity contribution in [3.05, 3.63) is 12.0 Å². The quantitative estimate of drug-likeness (QED) is 0.656. The van der Waals surface area contributed by atoms with Crippen LogP contribution in [-0.2, 0) is 19.9 Å². The predicted molar refractivity (Wildman–Crippen MR) is 53.9 cm³/mol. The molecular formula is C7H13NO4S2. The van der Waals surface area contributed by atoms with Gasteiger partial charge in [0, 0.05) is 18.0 Å². The molecule has 7 heteroatoms. The van der Waals surface area contributed by atoms with Gasteiger partial charge in [0.2, 0.25) is 10.0 Å². The molecule has 1 aliphatic heterocycles. The normalized spacial score (nSPS) is 28.5. The monoisotopic (exact) mass is 239 g/mol. The maximum absolute atomic E-state index is 11.4. The maximum atomic E-state index is 11.4. The summed E-state index contributed by atoms with van der Waals surface area (Å²) in [6.07, 6.45) is 0. The fraction of sp³-hybridized carbons (Fsp3) is 0.714. The average molecular weight is 239 g/mol. The molecule has 1 rings (SSSR count). The van der Waals surface area contributed by atoms with Crippen molar-refractivity contribution in [1.29, 1.82) is 0 Å². The Hall–Kier alpha value is -0.400. The summed E-state index contributed by atoms with van der Waals surface area (Å²) >= 11 is 0. The zero-order valence-electron chi connectivity index (χ0n) is 7.88. The van der Waals surface area contributed by atoms with Gasteiger partial charge in [-0.25, -0.2) is 16.8 Å². The summed E-state index contributed by atoms with van der Waals surface area (Å²) in [6.45, 7) is 4.81. The molecule has 0 aromatic heterocycles. The van der Waals surface area contributed by atoms with E-state index in [-0.39, 0.29) is 18.1 Å². The molecule has 1 fully saturated rings. The van der Waals surface area contributed by atoms with Crippen LogP contribution in [0, 0.1) is 0 Å². The second-order valence-corrected chi connectivity index (χ2v) is 7.35. The van der Waals surface area contributed by atoms with Gasteiger partial charge in [-0.15, -0.1) is 0 Å². The predicted octanol–water partition coefficient (Wildman–Crippen LogP) is -0.421. The molecule has 1 heterocycles. The molecule has 14 heavy (non-hydrogen) atoms. The number of hydrogen-bond acceptors (Lipinski definition) is 4. The first-order chi connectivity index (χ1) is 6.28. The number of hydrogen-bond donors (Lipinski definition) is 0. The summed E-state index contributed by atoms with van der Waals surface area (Å²) in [4.78, 5) is 0. The van der Waals surface area contributed by atoms with Crippen LogP contribution in [0.15, 0.2) is 12.0 Å². The Bertz CT molecular complexity index is 423. The molecule has 0 aromatic carbocycles. The molecule has 1 saturated heterocycles. The first-order valence-corrected chi connectivity index (χ1v) is 7.46.